The molecule has 0 heterocycles. The third-order valence-corrected chi connectivity index (χ3v) is 6.06. The Bertz CT molecular complexity index is 656. The van der Waals surface area contributed by atoms with Crippen LogP contribution >= 0.6 is 11.8 Å². The predicted molar refractivity (Wildman–Crippen MR) is 129 cm³/mol. The molecule has 0 aliphatic rings. The molecule has 0 saturated carbocycles. The van der Waals surface area contributed by atoms with E-state index in [1.165, 1.54) is 57.8 Å². The van der Waals surface area contributed by atoms with Gasteiger partial charge in [-0.3, -0.25) is 0 Å². The molecule has 2 aromatic rings. The molecule has 4 heteroatoms. The number of phenolic OH excluding ortho intramolecular Hbond substituents is 2. The Labute approximate surface area is 187 Å². The molecule has 168 valence electrons. The van der Waals surface area contributed by atoms with Crippen LogP contribution in [0, 0.1) is 13.8 Å². The maximum absolute atomic E-state index is 9.45. The summed E-state index contributed by atoms with van der Waals surface area (Å²) in [6.45, 7) is 6.38. The van der Waals surface area contributed by atoms with E-state index < -0.39 is 0 Å². The molecule has 0 spiro atoms. The van der Waals surface area contributed by atoms with Gasteiger partial charge in [0, 0.05) is 16.4 Å². The maximum Gasteiger partial charge on any atom is 0.118 e. The third kappa shape index (κ3) is 11.5. The van der Waals surface area contributed by atoms with Crippen molar-refractivity contribution >= 4 is 11.8 Å². The van der Waals surface area contributed by atoms with Crippen LogP contribution in [0.25, 0.3) is 0 Å². The highest BCUT2D eigenvalue weighted by molar-refractivity contribution is 7.99. The molecule has 0 radical (unpaired) electrons. The Balaban J connectivity index is 0.000000314. The Morgan fingerprint density at radius 1 is 0.633 bits per heavy atom. The fraction of sp³-hybridized carbons (Fsp3) is 0.538. The molecular formula is C26H40O3S. The second-order valence-electron chi connectivity index (χ2n) is 7.90. The Morgan fingerprint density at radius 2 is 1.03 bits per heavy atom. The van der Waals surface area contributed by atoms with Crippen LogP contribution in [0.1, 0.15) is 82.3 Å². The van der Waals surface area contributed by atoms with E-state index in [4.69, 9.17) is 5.11 Å². The zero-order valence-electron chi connectivity index (χ0n) is 19.0. The summed E-state index contributed by atoms with van der Waals surface area (Å²) < 4.78 is 0. The Kier molecular flexibility index (Phi) is 14.2. The number of hydrogen-bond donors (Lipinski definition) is 3. The number of phenols is 2. The molecule has 0 unspecified atom stereocenters. The fourth-order valence-corrected chi connectivity index (χ4v) is 4.13. The van der Waals surface area contributed by atoms with Crippen LogP contribution in [0.5, 0.6) is 11.5 Å². The minimum Gasteiger partial charge on any atom is -0.508 e. The van der Waals surface area contributed by atoms with E-state index in [2.05, 4.69) is 6.92 Å². The standard InChI is InChI=1S/C14H14O2S.C12H26O/c1-9-7-11(3-5-13(9)15)17-12-4-6-14(16)10(2)8-12;1-2-3-4-5-6-7-8-9-10-11-12-13/h3-8,15-16H,1-2H3;13H,2-12H2,1H3. The van der Waals surface area contributed by atoms with Crippen LogP contribution < -0.4 is 0 Å². The molecule has 30 heavy (non-hydrogen) atoms. The lowest BCUT2D eigenvalue weighted by Crippen LogP contribution is -1.84. The highest BCUT2D eigenvalue weighted by Gasteiger charge is 2.03. The first kappa shape index (κ1) is 26.4. The lowest BCUT2D eigenvalue weighted by molar-refractivity contribution is 0.282. The molecular weight excluding hydrogens is 392 g/mol. The molecule has 0 aromatic heterocycles. The minimum atomic E-state index is 0.316. The topological polar surface area (TPSA) is 60.7 Å². The third-order valence-electron chi connectivity index (χ3n) is 5.08. The summed E-state index contributed by atoms with van der Waals surface area (Å²) >= 11 is 1.61. The number of hydrogen-bond acceptors (Lipinski definition) is 4. The van der Waals surface area contributed by atoms with Crippen molar-refractivity contribution in [2.75, 3.05) is 6.61 Å². The first-order valence-electron chi connectivity index (χ1n) is 11.4. The fourth-order valence-electron chi connectivity index (χ4n) is 3.12. The summed E-state index contributed by atoms with van der Waals surface area (Å²) in [5.74, 6) is 0.632. The smallest absolute Gasteiger partial charge is 0.118 e. The van der Waals surface area contributed by atoms with Crippen molar-refractivity contribution in [2.45, 2.75) is 94.8 Å². The molecule has 0 fully saturated rings. The van der Waals surface area contributed by atoms with E-state index in [0.29, 0.717) is 18.1 Å². The van der Waals surface area contributed by atoms with E-state index in [1.54, 1.807) is 23.9 Å². The van der Waals surface area contributed by atoms with Gasteiger partial charge in [-0.2, -0.15) is 0 Å². The minimum absolute atomic E-state index is 0.316. The van der Waals surface area contributed by atoms with Crippen LogP contribution in [0.4, 0.5) is 0 Å². The molecule has 0 amide bonds. The number of benzene rings is 2. The first-order chi connectivity index (χ1) is 14.5. The lowest BCUT2D eigenvalue weighted by atomic mass is 10.1. The van der Waals surface area contributed by atoms with Gasteiger partial charge in [0.05, 0.1) is 0 Å². The van der Waals surface area contributed by atoms with Gasteiger partial charge in [0.25, 0.3) is 0 Å². The summed E-state index contributed by atoms with van der Waals surface area (Å²) in [5, 5.41) is 27.5. The van der Waals surface area contributed by atoms with E-state index in [-0.39, 0.29) is 0 Å². The van der Waals surface area contributed by atoms with Crippen LogP contribution in [0.3, 0.4) is 0 Å². The van der Waals surface area contributed by atoms with Crippen molar-refractivity contribution in [3.05, 3.63) is 47.5 Å². The quantitative estimate of drug-likeness (QED) is 0.300. The summed E-state index contributed by atoms with van der Waals surface area (Å²) in [6, 6.07) is 11.1. The van der Waals surface area contributed by atoms with Crippen molar-refractivity contribution in [3.63, 3.8) is 0 Å². The highest BCUT2D eigenvalue weighted by atomic mass is 32.2. The van der Waals surface area contributed by atoms with Crippen molar-refractivity contribution in [1.29, 1.82) is 0 Å². The van der Waals surface area contributed by atoms with Crippen molar-refractivity contribution in [3.8, 4) is 11.5 Å². The van der Waals surface area contributed by atoms with Crippen molar-refractivity contribution in [1.82, 2.24) is 0 Å². The molecule has 0 bridgehead atoms. The SMILES string of the molecule is CCCCCCCCCCCCO.Cc1cc(Sc2ccc(O)c(C)c2)ccc1O. The van der Waals surface area contributed by atoms with E-state index >= 15 is 0 Å². The lowest BCUT2D eigenvalue weighted by Gasteiger charge is -2.06. The molecule has 0 atom stereocenters. The number of aliphatic hydroxyl groups excluding tert-OH is 1. The summed E-state index contributed by atoms with van der Waals surface area (Å²) in [5.41, 5.74) is 1.73. The van der Waals surface area contributed by atoms with E-state index in [0.717, 1.165) is 27.3 Å². The zero-order valence-corrected chi connectivity index (χ0v) is 19.8. The largest absolute Gasteiger partial charge is 0.508 e. The average Bonchev–Trinajstić information content (AvgIpc) is 2.73. The number of aromatic hydroxyl groups is 2. The second kappa shape index (κ2) is 16.1. The van der Waals surface area contributed by atoms with Gasteiger partial charge < -0.3 is 15.3 Å². The first-order valence-corrected chi connectivity index (χ1v) is 12.2. The Hall–Kier alpha value is -1.65. The predicted octanol–water partition coefficient (Wildman–Crippen LogP) is 7.77. The summed E-state index contributed by atoms with van der Waals surface area (Å²) in [7, 11) is 0. The molecule has 0 aliphatic carbocycles. The maximum atomic E-state index is 9.45. The zero-order chi connectivity index (χ0) is 22.2. The van der Waals surface area contributed by atoms with Crippen LogP contribution in [-0.4, -0.2) is 21.9 Å². The van der Waals surface area contributed by atoms with Gasteiger partial charge in [-0.25, -0.2) is 0 Å². The van der Waals surface area contributed by atoms with Gasteiger partial charge in [0.2, 0.25) is 0 Å². The van der Waals surface area contributed by atoms with Gasteiger partial charge in [0.15, 0.2) is 0 Å². The van der Waals surface area contributed by atoms with Crippen LogP contribution in [-0.2, 0) is 0 Å². The second-order valence-corrected chi connectivity index (χ2v) is 9.05. The number of aryl methyl sites for hydroxylation is 2. The normalized spacial score (nSPS) is 10.5. The van der Waals surface area contributed by atoms with Gasteiger partial charge in [-0.15, -0.1) is 0 Å². The van der Waals surface area contributed by atoms with Gasteiger partial charge in [-0.1, -0.05) is 76.5 Å². The number of unbranched alkanes of at least 4 members (excludes halogenated alkanes) is 9. The summed E-state index contributed by atoms with van der Waals surface area (Å²) in [4.78, 5) is 2.15. The number of aliphatic hydroxyl groups is 1. The molecule has 2 aromatic carbocycles. The molecule has 0 saturated heterocycles. The van der Waals surface area contributed by atoms with Gasteiger partial charge in [0.1, 0.15) is 11.5 Å². The molecule has 3 N–H and O–H groups in total. The van der Waals surface area contributed by atoms with Gasteiger partial charge >= 0.3 is 0 Å². The van der Waals surface area contributed by atoms with Crippen molar-refractivity contribution in [2.24, 2.45) is 0 Å². The van der Waals surface area contributed by atoms with E-state index in [1.807, 2.05) is 38.1 Å². The monoisotopic (exact) mass is 432 g/mol. The average molecular weight is 433 g/mol. The Morgan fingerprint density at radius 3 is 1.40 bits per heavy atom. The van der Waals surface area contributed by atoms with Crippen LogP contribution in [0.2, 0.25) is 0 Å². The summed E-state index contributed by atoms with van der Waals surface area (Å²) in [6.07, 6.45) is 13.3. The number of rotatable bonds is 12. The molecule has 2 rings (SSSR count). The molecule has 3 nitrogen and oxygen atoms in total. The van der Waals surface area contributed by atoms with Gasteiger partial charge in [-0.05, 0) is 67.8 Å². The van der Waals surface area contributed by atoms with Crippen LogP contribution in [0.15, 0.2) is 46.2 Å². The van der Waals surface area contributed by atoms with Crippen molar-refractivity contribution < 1.29 is 15.3 Å². The highest BCUT2D eigenvalue weighted by Crippen LogP contribution is 2.32. The molecule has 0 aliphatic heterocycles. The van der Waals surface area contributed by atoms with E-state index in [9.17, 15) is 10.2 Å².